The van der Waals surface area contributed by atoms with E-state index in [0.717, 1.165) is 19.3 Å². The zero-order valence-corrected chi connectivity index (χ0v) is 10.3. The van der Waals surface area contributed by atoms with Crippen LogP contribution in [0.25, 0.3) is 0 Å². The first-order valence-electron chi connectivity index (χ1n) is 5.68. The Kier molecular flexibility index (Phi) is 3.63. The van der Waals surface area contributed by atoms with Crippen molar-refractivity contribution in [3.63, 3.8) is 0 Å². The highest BCUT2D eigenvalue weighted by Crippen LogP contribution is 2.33. The van der Waals surface area contributed by atoms with E-state index in [9.17, 15) is 10.1 Å². The summed E-state index contributed by atoms with van der Waals surface area (Å²) in [5.41, 5.74) is 0.317. The Hall–Kier alpha value is -1.14. The fourth-order valence-corrected chi connectivity index (χ4v) is 2.30. The molecule has 6 nitrogen and oxygen atoms in total. The number of rotatable bonds is 3. The molecule has 1 aliphatic rings. The van der Waals surface area contributed by atoms with Gasteiger partial charge in [-0.3, -0.25) is 10.1 Å². The van der Waals surface area contributed by atoms with E-state index >= 15 is 0 Å². The fourth-order valence-electron chi connectivity index (χ4n) is 1.98. The number of aromatic nitrogens is 2. The average Bonchev–Trinajstić information content (AvgIpc) is 2.67. The maximum absolute atomic E-state index is 10.9. The van der Waals surface area contributed by atoms with Gasteiger partial charge < -0.3 is 4.74 Å². The van der Waals surface area contributed by atoms with Crippen molar-refractivity contribution in [3.05, 3.63) is 21.0 Å². The van der Waals surface area contributed by atoms with Crippen LogP contribution >= 0.6 is 11.6 Å². The molecular formula is C10H14ClN3O3. The Bertz CT molecular complexity index is 427. The van der Waals surface area contributed by atoms with Gasteiger partial charge in [0.1, 0.15) is 5.69 Å². The lowest BCUT2D eigenvalue weighted by molar-refractivity contribution is -0.385. The van der Waals surface area contributed by atoms with Gasteiger partial charge in [-0.25, -0.2) is 4.68 Å². The highest BCUT2D eigenvalue weighted by Gasteiger charge is 2.29. The molecule has 0 radical (unpaired) electrons. The number of aryl methyl sites for hydroxylation is 1. The van der Waals surface area contributed by atoms with Crippen LogP contribution in [0.2, 0.25) is 5.15 Å². The Morgan fingerprint density at radius 2 is 2.41 bits per heavy atom. The van der Waals surface area contributed by atoms with Gasteiger partial charge in [-0.1, -0.05) is 18.5 Å². The zero-order chi connectivity index (χ0) is 12.4. The summed E-state index contributed by atoms with van der Waals surface area (Å²) in [6.45, 7) is 2.47. The van der Waals surface area contributed by atoms with Crippen molar-refractivity contribution in [2.75, 3.05) is 6.61 Å². The topological polar surface area (TPSA) is 70.2 Å². The minimum atomic E-state index is -0.479. The molecule has 1 aliphatic heterocycles. The number of halogens is 1. The van der Waals surface area contributed by atoms with Crippen LogP contribution < -0.4 is 0 Å². The van der Waals surface area contributed by atoms with Crippen LogP contribution in [0.5, 0.6) is 0 Å². The average molecular weight is 260 g/mol. The Morgan fingerprint density at radius 1 is 1.65 bits per heavy atom. The maximum atomic E-state index is 10.9. The van der Waals surface area contributed by atoms with Gasteiger partial charge >= 0.3 is 5.69 Å². The van der Waals surface area contributed by atoms with E-state index in [1.165, 1.54) is 4.68 Å². The molecule has 0 N–H and O–H groups in total. The minimum Gasteiger partial charge on any atom is -0.356 e. The van der Waals surface area contributed by atoms with Gasteiger partial charge in [0.05, 0.1) is 4.92 Å². The molecule has 0 bridgehead atoms. The van der Waals surface area contributed by atoms with Crippen molar-refractivity contribution < 1.29 is 9.66 Å². The second kappa shape index (κ2) is 5.01. The second-order valence-electron chi connectivity index (χ2n) is 3.96. The van der Waals surface area contributed by atoms with Gasteiger partial charge in [0.2, 0.25) is 5.15 Å². The van der Waals surface area contributed by atoms with E-state index in [1.54, 1.807) is 0 Å². The lowest BCUT2D eigenvalue weighted by Crippen LogP contribution is -2.19. The molecule has 0 saturated carbocycles. The van der Waals surface area contributed by atoms with E-state index in [0.29, 0.717) is 18.7 Å². The number of hydrogen-bond acceptors (Lipinski definition) is 4. The summed E-state index contributed by atoms with van der Waals surface area (Å²) in [5.74, 6) is 0. The summed E-state index contributed by atoms with van der Waals surface area (Å²) in [6.07, 6.45) is 3.04. The van der Waals surface area contributed by atoms with Gasteiger partial charge in [-0.2, -0.15) is 5.10 Å². The highest BCUT2D eigenvalue weighted by molar-refractivity contribution is 6.31. The van der Waals surface area contributed by atoms with Gasteiger partial charge in [-0.05, 0) is 25.7 Å². The molecule has 1 fully saturated rings. The third-order valence-electron chi connectivity index (χ3n) is 2.84. The molecule has 2 rings (SSSR count). The number of hydrogen-bond donors (Lipinski definition) is 0. The standard InChI is InChI=1S/C10H14ClN3O3/c1-2-7-9(14(15)16)10(11)13(12-7)8-5-3-4-6-17-8/h8H,2-6H2,1H3. The van der Waals surface area contributed by atoms with E-state index in [4.69, 9.17) is 16.3 Å². The van der Waals surface area contributed by atoms with Gasteiger partial charge in [0.15, 0.2) is 6.23 Å². The third kappa shape index (κ3) is 2.28. The van der Waals surface area contributed by atoms with Crippen molar-refractivity contribution in [1.29, 1.82) is 0 Å². The summed E-state index contributed by atoms with van der Waals surface area (Å²) in [4.78, 5) is 10.4. The summed E-state index contributed by atoms with van der Waals surface area (Å²) in [6, 6.07) is 0. The van der Waals surface area contributed by atoms with Crippen molar-refractivity contribution in [3.8, 4) is 0 Å². The molecule has 0 spiro atoms. The van der Waals surface area contributed by atoms with Crippen LogP contribution in [0.3, 0.4) is 0 Å². The molecule has 0 amide bonds. The smallest absolute Gasteiger partial charge is 0.329 e. The molecule has 1 aromatic heterocycles. The van der Waals surface area contributed by atoms with Gasteiger partial charge in [0.25, 0.3) is 0 Å². The monoisotopic (exact) mass is 259 g/mol. The number of nitro groups is 1. The molecule has 1 aromatic rings. The SMILES string of the molecule is CCc1nn(C2CCCCO2)c(Cl)c1[N+](=O)[O-]. The lowest BCUT2D eigenvalue weighted by atomic mass is 10.2. The largest absolute Gasteiger partial charge is 0.356 e. The lowest BCUT2D eigenvalue weighted by Gasteiger charge is -2.22. The summed E-state index contributed by atoms with van der Waals surface area (Å²) in [5, 5.41) is 15.2. The Morgan fingerprint density at radius 3 is 2.88 bits per heavy atom. The predicted octanol–water partition coefficient (Wildman–Crippen LogP) is 2.71. The van der Waals surface area contributed by atoms with Crippen molar-refractivity contribution in [1.82, 2.24) is 9.78 Å². The van der Waals surface area contributed by atoms with Crippen LogP contribution in [0, 0.1) is 10.1 Å². The third-order valence-corrected chi connectivity index (χ3v) is 3.20. The second-order valence-corrected chi connectivity index (χ2v) is 4.32. The summed E-state index contributed by atoms with van der Waals surface area (Å²) >= 11 is 6.02. The van der Waals surface area contributed by atoms with Crippen LogP contribution in [0.1, 0.15) is 38.1 Å². The number of nitrogens with zero attached hydrogens (tertiary/aromatic N) is 3. The first-order chi connectivity index (χ1) is 8.15. The van der Waals surface area contributed by atoms with E-state index in [1.807, 2.05) is 6.92 Å². The van der Waals surface area contributed by atoms with Crippen LogP contribution in [0.15, 0.2) is 0 Å². The normalized spacial score (nSPS) is 20.5. The Labute approximate surface area is 104 Å². The summed E-state index contributed by atoms with van der Waals surface area (Å²) < 4.78 is 6.97. The molecule has 0 aromatic carbocycles. The van der Waals surface area contributed by atoms with Gasteiger partial charge in [-0.15, -0.1) is 0 Å². The molecule has 7 heteroatoms. The molecule has 1 unspecified atom stereocenters. The molecule has 1 atom stereocenters. The Balaban J connectivity index is 2.37. The van der Waals surface area contributed by atoms with E-state index in [-0.39, 0.29) is 17.1 Å². The van der Waals surface area contributed by atoms with Crippen molar-refractivity contribution in [2.45, 2.75) is 38.8 Å². The summed E-state index contributed by atoms with van der Waals surface area (Å²) in [7, 11) is 0. The maximum Gasteiger partial charge on any atom is 0.329 e. The zero-order valence-electron chi connectivity index (χ0n) is 9.56. The predicted molar refractivity (Wildman–Crippen MR) is 62.1 cm³/mol. The molecular weight excluding hydrogens is 246 g/mol. The molecule has 2 heterocycles. The van der Waals surface area contributed by atoms with Crippen LogP contribution in [-0.4, -0.2) is 21.3 Å². The minimum absolute atomic E-state index is 0.0683. The highest BCUT2D eigenvalue weighted by atomic mass is 35.5. The molecule has 17 heavy (non-hydrogen) atoms. The van der Waals surface area contributed by atoms with E-state index < -0.39 is 4.92 Å². The molecule has 94 valence electrons. The fraction of sp³-hybridized carbons (Fsp3) is 0.700. The number of ether oxygens (including phenoxy) is 1. The van der Waals surface area contributed by atoms with Crippen LogP contribution in [0.4, 0.5) is 5.69 Å². The van der Waals surface area contributed by atoms with E-state index in [2.05, 4.69) is 5.10 Å². The first kappa shape index (κ1) is 12.3. The van der Waals surface area contributed by atoms with Gasteiger partial charge in [0, 0.05) is 6.61 Å². The van der Waals surface area contributed by atoms with Crippen molar-refractivity contribution in [2.24, 2.45) is 0 Å². The van der Waals surface area contributed by atoms with Crippen molar-refractivity contribution >= 4 is 17.3 Å². The van der Waals surface area contributed by atoms with Crippen LogP contribution in [-0.2, 0) is 11.2 Å². The molecule has 1 saturated heterocycles. The quantitative estimate of drug-likeness (QED) is 0.618. The first-order valence-corrected chi connectivity index (χ1v) is 6.05. The molecule has 0 aliphatic carbocycles.